The zero-order chi connectivity index (χ0) is 25.1. The number of halogens is 2. The number of phenols is 1. The lowest BCUT2D eigenvalue weighted by molar-refractivity contribution is 0.102. The van der Waals surface area contributed by atoms with Gasteiger partial charge in [0.05, 0.1) is 24.4 Å². The average Bonchev–Trinajstić information content (AvgIpc) is 2.78. The van der Waals surface area contributed by atoms with Crippen molar-refractivity contribution in [2.75, 3.05) is 18.5 Å². The number of phenolic OH excluding ortho intramolecular Hbond substituents is 1. The Balaban J connectivity index is 1.91. The number of carbonyl (C=O) groups excluding carboxylic acids is 1. The van der Waals surface area contributed by atoms with Crippen molar-refractivity contribution in [3.8, 4) is 22.9 Å². The number of nitrogens with one attached hydrogen (secondary N) is 1. The smallest absolute Gasteiger partial charge is 0.261 e. The maximum atomic E-state index is 13.6. The number of pyridine rings is 1. The van der Waals surface area contributed by atoms with Crippen molar-refractivity contribution in [2.24, 2.45) is 0 Å². The van der Waals surface area contributed by atoms with Crippen LogP contribution in [0.5, 0.6) is 17.2 Å². The molecule has 4 aromatic rings. The third-order valence-corrected chi connectivity index (χ3v) is 5.12. The number of nitrogens with zero attached hydrogens (tertiary/aromatic N) is 1. The quantitative estimate of drug-likeness (QED) is 0.388. The van der Waals surface area contributed by atoms with Gasteiger partial charge in [0.25, 0.3) is 5.91 Å². The number of carbonyl (C=O) groups is 1. The fourth-order valence-corrected chi connectivity index (χ4v) is 3.71. The van der Waals surface area contributed by atoms with Gasteiger partial charge in [0, 0.05) is 47.6 Å². The van der Waals surface area contributed by atoms with Crippen molar-refractivity contribution in [3.05, 3.63) is 88.2 Å². The Morgan fingerprint density at radius 1 is 0.943 bits per heavy atom. The first kappa shape index (κ1) is 23.7. The first-order valence-corrected chi connectivity index (χ1v) is 10.9. The SMILES string of the molecule is CCOc1cc(OCC)cc(-n2cc(C(=O)Nc3cc(F)cc(F)c3)c(=O)c3ccc(O)cc32)c1. The maximum Gasteiger partial charge on any atom is 0.261 e. The molecule has 1 aromatic heterocycles. The summed E-state index contributed by atoms with van der Waals surface area (Å²) in [6.07, 6.45) is 1.30. The summed E-state index contributed by atoms with van der Waals surface area (Å²) < 4.78 is 40.0. The van der Waals surface area contributed by atoms with Crippen LogP contribution in [0.1, 0.15) is 24.2 Å². The lowest BCUT2D eigenvalue weighted by atomic mass is 10.1. The minimum atomic E-state index is -0.872. The molecule has 3 aromatic carbocycles. The van der Waals surface area contributed by atoms with Crippen LogP contribution in [0.15, 0.2) is 65.6 Å². The molecule has 0 radical (unpaired) electrons. The van der Waals surface area contributed by atoms with E-state index in [4.69, 9.17) is 9.47 Å². The Morgan fingerprint density at radius 3 is 2.17 bits per heavy atom. The molecule has 0 aliphatic rings. The van der Waals surface area contributed by atoms with Crippen LogP contribution in [0.3, 0.4) is 0 Å². The van der Waals surface area contributed by atoms with Gasteiger partial charge in [-0.05, 0) is 38.1 Å². The van der Waals surface area contributed by atoms with Crippen molar-refractivity contribution < 1.29 is 28.2 Å². The summed E-state index contributed by atoms with van der Waals surface area (Å²) in [6.45, 7) is 4.46. The molecule has 0 aliphatic carbocycles. The van der Waals surface area contributed by atoms with Gasteiger partial charge in [0.1, 0.15) is 34.4 Å². The van der Waals surface area contributed by atoms with Crippen LogP contribution >= 0.6 is 0 Å². The van der Waals surface area contributed by atoms with Gasteiger partial charge < -0.3 is 24.5 Å². The van der Waals surface area contributed by atoms with Crippen LogP contribution in [-0.2, 0) is 0 Å². The van der Waals surface area contributed by atoms with Gasteiger partial charge >= 0.3 is 0 Å². The monoisotopic (exact) mass is 480 g/mol. The molecule has 1 amide bonds. The average molecular weight is 480 g/mol. The fourth-order valence-electron chi connectivity index (χ4n) is 3.71. The van der Waals surface area contributed by atoms with E-state index < -0.39 is 23.0 Å². The van der Waals surface area contributed by atoms with Gasteiger partial charge in [-0.2, -0.15) is 0 Å². The topological polar surface area (TPSA) is 89.8 Å². The summed E-state index contributed by atoms with van der Waals surface area (Å²) in [5, 5.41) is 12.6. The van der Waals surface area contributed by atoms with Gasteiger partial charge in [-0.25, -0.2) is 8.78 Å². The van der Waals surface area contributed by atoms with Crippen LogP contribution in [0.25, 0.3) is 16.6 Å². The highest BCUT2D eigenvalue weighted by molar-refractivity contribution is 6.06. The van der Waals surface area contributed by atoms with E-state index in [2.05, 4.69) is 5.32 Å². The second-order valence-electron chi connectivity index (χ2n) is 7.58. The predicted molar refractivity (Wildman–Crippen MR) is 128 cm³/mol. The standard InChI is InChI=1S/C26H22F2N2O5/c1-3-34-20-10-18(11-21(13-20)35-4-2)30-14-23(25(32)22-6-5-19(31)12-24(22)30)26(33)29-17-8-15(27)7-16(28)9-17/h5-14,31H,3-4H2,1-2H3,(H,29,33). The van der Waals surface area contributed by atoms with Gasteiger partial charge in [-0.3, -0.25) is 9.59 Å². The third-order valence-electron chi connectivity index (χ3n) is 5.12. The second kappa shape index (κ2) is 9.84. The number of amides is 1. The third kappa shape index (κ3) is 5.08. The molecule has 9 heteroatoms. The normalized spacial score (nSPS) is 10.9. The number of ether oxygens (including phenoxy) is 2. The highest BCUT2D eigenvalue weighted by Gasteiger charge is 2.18. The van der Waals surface area contributed by atoms with E-state index in [-0.39, 0.29) is 22.4 Å². The highest BCUT2D eigenvalue weighted by atomic mass is 19.1. The number of rotatable bonds is 7. The van der Waals surface area contributed by atoms with Crippen LogP contribution < -0.4 is 20.2 Å². The van der Waals surface area contributed by atoms with Gasteiger partial charge in [0.2, 0.25) is 5.43 Å². The Labute approximate surface area is 199 Å². The molecular formula is C26H22F2N2O5. The highest BCUT2D eigenvalue weighted by Crippen LogP contribution is 2.29. The first-order valence-electron chi connectivity index (χ1n) is 10.9. The predicted octanol–water partition coefficient (Wildman–Crippen LogP) is 5.02. The Kier molecular flexibility index (Phi) is 6.68. The van der Waals surface area contributed by atoms with Crippen LogP contribution in [-0.4, -0.2) is 28.8 Å². The summed E-state index contributed by atoms with van der Waals surface area (Å²) in [5.74, 6) is -1.67. The molecule has 0 saturated heterocycles. The van der Waals surface area contributed by atoms with Gasteiger partial charge in [-0.1, -0.05) is 0 Å². The summed E-state index contributed by atoms with van der Waals surface area (Å²) in [6, 6.07) is 11.8. The molecule has 0 fully saturated rings. The fraction of sp³-hybridized carbons (Fsp3) is 0.154. The largest absolute Gasteiger partial charge is 0.508 e. The van der Waals surface area contributed by atoms with E-state index >= 15 is 0 Å². The molecule has 1 heterocycles. The van der Waals surface area contributed by atoms with E-state index in [0.29, 0.717) is 42.0 Å². The van der Waals surface area contributed by atoms with Crippen LogP contribution in [0.4, 0.5) is 14.5 Å². The second-order valence-corrected chi connectivity index (χ2v) is 7.58. The number of hydrogen-bond acceptors (Lipinski definition) is 5. The molecule has 0 atom stereocenters. The van der Waals surface area contributed by atoms with E-state index in [0.717, 1.165) is 12.1 Å². The van der Waals surface area contributed by atoms with Gasteiger partial charge in [-0.15, -0.1) is 0 Å². The molecule has 2 N–H and O–H groups in total. The first-order chi connectivity index (χ1) is 16.8. The van der Waals surface area contributed by atoms with Crippen molar-refractivity contribution in [1.29, 1.82) is 0 Å². The molecule has 4 rings (SSSR count). The van der Waals surface area contributed by atoms with E-state index in [1.54, 1.807) is 22.8 Å². The molecular weight excluding hydrogens is 458 g/mol. The Hall–Kier alpha value is -4.40. The van der Waals surface area contributed by atoms with E-state index in [9.17, 15) is 23.5 Å². The lowest BCUT2D eigenvalue weighted by Gasteiger charge is -2.17. The summed E-state index contributed by atoms with van der Waals surface area (Å²) in [5.41, 5.74) is -0.189. The summed E-state index contributed by atoms with van der Waals surface area (Å²) >= 11 is 0. The summed E-state index contributed by atoms with van der Waals surface area (Å²) in [7, 11) is 0. The van der Waals surface area contributed by atoms with Crippen molar-refractivity contribution in [2.45, 2.75) is 13.8 Å². The number of hydrogen-bond donors (Lipinski definition) is 2. The zero-order valence-electron chi connectivity index (χ0n) is 19.0. The number of benzene rings is 3. The van der Waals surface area contributed by atoms with E-state index in [1.165, 1.54) is 24.4 Å². The van der Waals surface area contributed by atoms with Crippen molar-refractivity contribution in [1.82, 2.24) is 4.57 Å². The number of aromatic nitrogens is 1. The number of anilines is 1. The molecule has 0 bridgehead atoms. The molecule has 35 heavy (non-hydrogen) atoms. The van der Waals surface area contributed by atoms with Crippen LogP contribution in [0.2, 0.25) is 0 Å². The van der Waals surface area contributed by atoms with Crippen LogP contribution in [0, 0.1) is 11.6 Å². The minimum Gasteiger partial charge on any atom is -0.508 e. The lowest BCUT2D eigenvalue weighted by Crippen LogP contribution is -2.23. The van der Waals surface area contributed by atoms with Crippen molar-refractivity contribution in [3.63, 3.8) is 0 Å². The number of aromatic hydroxyl groups is 1. The molecule has 0 aliphatic heterocycles. The molecule has 180 valence electrons. The summed E-state index contributed by atoms with van der Waals surface area (Å²) in [4.78, 5) is 26.2. The molecule has 0 spiro atoms. The zero-order valence-corrected chi connectivity index (χ0v) is 19.0. The molecule has 0 saturated carbocycles. The van der Waals surface area contributed by atoms with Gasteiger partial charge in [0.15, 0.2) is 0 Å². The molecule has 7 nitrogen and oxygen atoms in total. The van der Waals surface area contributed by atoms with E-state index in [1.807, 2.05) is 13.8 Å². The minimum absolute atomic E-state index is 0.0796. The Bertz CT molecular complexity index is 1440. The van der Waals surface area contributed by atoms with Crippen molar-refractivity contribution >= 4 is 22.5 Å². The number of fused-ring (bicyclic) bond motifs is 1. The molecule has 0 unspecified atom stereocenters. The Morgan fingerprint density at radius 2 is 1.57 bits per heavy atom. The maximum absolute atomic E-state index is 13.6.